The minimum absolute atomic E-state index is 0.132. The molecule has 0 aromatic heterocycles. The maximum Gasteiger partial charge on any atom is 0.185 e. The first kappa shape index (κ1) is 14.1. The van der Waals surface area contributed by atoms with E-state index in [4.69, 9.17) is 34.8 Å². The van der Waals surface area contributed by atoms with E-state index in [9.17, 15) is 4.79 Å². The van der Waals surface area contributed by atoms with Gasteiger partial charge in [-0.05, 0) is 48.6 Å². The second kappa shape index (κ2) is 6.25. The first-order valence-electron chi connectivity index (χ1n) is 5.50. The predicted molar refractivity (Wildman–Crippen MR) is 81.3 cm³/mol. The monoisotopic (exact) mass is 310 g/mol. The summed E-state index contributed by atoms with van der Waals surface area (Å²) in [5.41, 5.74) is 1.19. The number of rotatable bonds is 3. The molecule has 0 radical (unpaired) electrons. The Morgan fingerprint density at radius 1 is 0.895 bits per heavy atom. The molecule has 2 aromatic carbocycles. The van der Waals surface area contributed by atoms with Crippen molar-refractivity contribution in [1.82, 2.24) is 0 Å². The van der Waals surface area contributed by atoms with Crippen LogP contribution in [0.4, 0.5) is 0 Å². The maximum atomic E-state index is 11.9. The molecule has 4 heteroatoms. The molecule has 0 fully saturated rings. The summed E-state index contributed by atoms with van der Waals surface area (Å²) >= 11 is 17.8. The number of hydrogen-bond acceptors (Lipinski definition) is 1. The summed E-state index contributed by atoms with van der Waals surface area (Å²) in [6.45, 7) is 0. The van der Waals surface area contributed by atoms with Gasteiger partial charge in [-0.25, -0.2) is 0 Å². The van der Waals surface area contributed by atoms with Crippen molar-refractivity contribution >= 4 is 46.7 Å². The summed E-state index contributed by atoms with van der Waals surface area (Å²) in [6.07, 6.45) is 3.05. The normalized spacial score (nSPS) is 10.9. The highest BCUT2D eigenvalue weighted by Gasteiger charge is 2.04. The van der Waals surface area contributed by atoms with Crippen molar-refractivity contribution in [1.29, 1.82) is 0 Å². The number of carbonyl (C=O) groups excluding carboxylic acids is 1. The van der Waals surface area contributed by atoms with Gasteiger partial charge in [-0.2, -0.15) is 0 Å². The van der Waals surface area contributed by atoms with Crippen LogP contribution in [0.25, 0.3) is 6.08 Å². The minimum Gasteiger partial charge on any atom is -0.289 e. The minimum atomic E-state index is -0.132. The van der Waals surface area contributed by atoms with Gasteiger partial charge in [-0.15, -0.1) is 0 Å². The zero-order valence-corrected chi connectivity index (χ0v) is 12.0. The van der Waals surface area contributed by atoms with Gasteiger partial charge >= 0.3 is 0 Å². The van der Waals surface area contributed by atoms with E-state index in [0.717, 1.165) is 0 Å². The largest absolute Gasteiger partial charge is 0.289 e. The SMILES string of the molecule is O=C(/C=C\c1c(Cl)cccc1Cl)c1ccc(Cl)cc1. The molecule has 96 valence electrons. The van der Waals surface area contributed by atoms with E-state index in [1.165, 1.54) is 6.08 Å². The Morgan fingerprint density at radius 2 is 1.47 bits per heavy atom. The fraction of sp³-hybridized carbons (Fsp3) is 0. The molecule has 0 aliphatic carbocycles. The summed E-state index contributed by atoms with van der Waals surface area (Å²) in [6, 6.07) is 11.9. The maximum absolute atomic E-state index is 11.9. The van der Waals surface area contributed by atoms with Crippen LogP contribution >= 0.6 is 34.8 Å². The predicted octanol–water partition coefficient (Wildman–Crippen LogP) is 5.54. The van der Waals surface area contributed by atoms with Crippen LogP contribution in [-0.2, 0) is 0 Å². The lowest BCUT2D eigenvalue weighted by Gasteiger charge is -2.01. The molecule has 0 heterocycles. The molecule has 0 unspecified atom stereocenters. The van der Waals surface area contributed by atoms with Crippen LogP contribution in [0.1, 0.15) is 15.9 Å². The third-order valence-electron chi connectivity index (χ3n) is 2.53. The van der Waals surface area contributed by atoms with Gasteiger partial charge in [0.25, 0.3) is 0 Å². The third-order valence-corrected chi connectivity index (χ3v) is 3.44. The third kappa shape index (κ3) is 3.60. The highest BCUT2D eigenvalue weighted by Crippen LogP contribution is 2.25. The molecule has 0 saturated heterocycles. The number of ketones is 1. The summed E-state index contributed by atoms with van der Waals surface area (Å²) in [5, 5.41) is 1.61. The van der Waals surface area contributed by atoms with Crippen molar-refractivity contribution in [2.24, 2.45) is 0 Å². The number of benzene rings is 2. The quantitative estimate of drug-likeness (QED) is 0.537. The van der Waals surface area contributed by atoms with Crippen molar-refractivity contribution in [2.75, 3.05) is 0 Å². The summed E-state index contributed by atoms with van der Waals surface area (Å²) in [7, 11) is 0. The Bertz CT molecular complexity index is 610. The van der Waals surface area contributed by atoms with Crippen LogP contribution < -0.4 is 0 Å². The average Bonchev–Trinajstić information content (AvgIpc) is 2.38. The zero-order valence-electron chi connectivity index (χ0n) is 9.74. The summed E-state index contributed by atoms with van der Waals surface area (Å²) in [4.78, 5) is 11.9. The lowest BCUT2D eigenvalue weighted by molar-refractivity contribution is 0.104. The van der Waals surface area contributed by atoms with Gasteiger partial charge in [0.15, 0.2) is 5.78 Å². The smallest absolute Gasteiger partial charge is 0.185 e. The number of halogens is 3. The Balaban J connectivity index is 2.23. The molecule has 1 nitrogen and oxygen atoms in total. The summed E-state index contributed by atoms with van der Waals surface area (Å²) in [5.74, 6) is -0.132. The highest BCUT2D eigenvalue weighted by molar-refractivity contribution is 6.37. The van der Waals surface area contributed by atoms with E-state index >= 15 is 0 Å². The Kier molecular flexibility index (Phi) is 4.65. The fourth-order valence-electron chi connectivity index (χ4n) is 1.54. The van der Waals surface area contributed by atoms with E-state index in [1.54, 1.807) is 48.5 Å². The van der Waals surface area contributed by atoms with Crippen LogP contribution in [0.15, 0.2) is 48.5 Å². The van der Waals surface area contributed by atoms with Crippen LogP contribution in [0.5, 0.6) is 0 Å². The van der Waals surface area contributed by atoms with E-state index in [0.29, 0.717) is 26.2 Å². The van der Waals surface area contributed by atoms with Gasteiger partial charge in [-0.1, -0.05) is 40.9 Å². The number of allylic oxidation sites excluding steroid dienone is 1. The van der Waals surface area contributed by atoms with Crippen LogP contribution in [0.3, 0.4) is 0 Å². The van der Waals surface area contributed by atoms with Gasteiger partial charge in [0.1, 0.15) is 0 Å². The summed E-state index contributed by atoms with van der Waals surface area (Å²) < 4.78 is 0. The van der Waals surface area contributed by atoms with Gasteiger partial charge in [0.2, 0.25) is 0 Å². The standard InChI is InChI=1S/C15H9Cl3O/c16-11-6-4-10(5-7-11)15(19)9-8-12-13(17)2-1-3-14(12)18/h1-9H/b9-8-. The van der Waals surface area contributed by atoms with Gasteiger partial charge in [-0.3, -0.25) is 4.79 Å². The number of carbonyl (C=O) groups is 1. The van der Waals surface area contributed by atoms with Crippen LogP contribution in [-0.4, -0.2) is 5.78 Å². The molecule has 0 atom stereocenters. The van der Waals surface area contributed by atoms with Crippen molar-refractivity contribution in [2.45, 2.75) is 0 Å². The van der Waals surface area contributed by atoms with E-state index in [-0.39, 0.29) is 5.78 Å². The average molecular weight is 312 g/mol. The second-order valence-corrected chi connectivity index (χ2v) is 5.09. The van der Waals surface area contributed by atoms with E-state index < -0.39 is 0 Å². The first-order valence-corrected chi connectivity index (χ1v) is 6.63. The van der Waals surface area contributed by atoms with Crippen molar-refractivity contribution in [3.05, 3.63) is 74.7 Å². The molecule has 2 rings (SSSR count). The molecule has 2 aromatic rings. The molecule has 0 saturated carbocycles. The molecule has 19 heavy (non-hydrogen) atoms. The molecule has 0 spiro atoms. The van der Waals surface area contributed by atoms with E-state index in [1.807, 2.05) is 0 Å². The van der Waals surface area contributed by atoms with E-state index in [2.05, 4.69) is 0 Å². The van der Waals surface area contributed by atoms with Crippen LogP contribution in [0, 0.1) is 0 Å². The van der Waals surface area contributed by atoms with Gasteiger partial charge < -0.3 is 0 Å². The lowest BCUT2D eigenvalue weighted by atomic mass is 10.1. The molecule has 0 aliphatic rings. The molecule has 0 aliphatic heterocycles. The van der Waals surface area contributed by atoms with Crippen molar-refractivity contribution < 1.29 is 4.79 Å². The zero-order chi connectivity index (χ0) is 13.8. The Morgan fingerprint density at radius 3 is 2.05 bits per heavy atom. The molecule has 0 bridgehead atoms. The van der Waals surface area contributed by atoms with Crippen LogP contribution in [0.2, 0.25) is 15.1 Å². The Labute approximate surface area is 126 Å². The first-order chi connectivity index (χ1) is 9.08. The lowest BCUT2D eigenvalue weighted by Crippen LogP contribution is -1.93. The van der Waals surface area contributed by atoms with Gasteiger partial charge in [0.05, 0.1) is 0 Å². The van der Waals surface area contributed by atoms with Gasteiger partial charge in [0, 0.05) is 26.2 Å². The van der Waals surface area contributed by atoms with Crippen molar-refractivity contribution in [3.63, 3.8) is 0 Å². The second-order valence-electron chi connectivity index (χ2n) is 3.84. The fourth-order valence-corrected chi connectivity index (χ4v) is 2.19. The Hall–Kier alpha value is -1.28. The molecular weight excluding hydrogens is 303 g/mol. The topological polar surface area (TPSA) is 17.1 Å². The number of hydrogen-bond donors (Lipinski definition) is 0. The molecular formula is C15H9Cl3O. The van der Waals surface area contributed by atoms with Crippen molar-refractivity contribution in [3.8, 4) is 0 Å². The molecule has 0 N–H and O–H groups in total. The highest BCUT2D eigenvalue weighted by atomic mass is 35.5. The molecule has 0 amide bonds.